The Morgan fingerprint density at radius 1 is 1.38 bits per heavy atom. The number of anilines is 1. The standard InChI is InChI=1S/C12H18N2O2/c1-3-8-13-12(15)14-11-7-5-4-6-10(11)9-16-2/h4-7H,3,8-9H2,1-2H3,(H2,13,14,15). The number of hydrogen-bond acceptors (Lipinski definition) is 2. The van der Waals surface area contributed by atoms with Gasteiger partial charge in [-0.2, -0.15) is 0 Å². The molecule has 2 N–H and O–H groups in total. The van der Waals surface area contributed by atoms with E-state index in [1.54, 1.807) is 7.11 Å². The zero-order chi connectivity index (χ0) is 11.8. The number of rotatable bonds is 5. The predicted octanol–water partition coefficient (Wildman–Crippen LogP) is 2.36. The Labute approximate surface area is 96.0 Å². The molecule has 0 bridgehead atoms. The maximum Gasteiger partial charge on any atom is 0.319 e. The average molecular weight is 222 g/mol. The SMILES string of the molecule is CCCNC(=O)Nc1ccccc1COC. The minimum Gasteiger partial charge on any atom is -0.380 e. The van der Waals surface area contributed by atoms with E-state index in [-0.39, 0.29) is 6.03 Å². The van der Waals surface area contributed by atoms with Gasteiger partial charge in [-0.3, -0.25) is 0 Å². The Morgan fingerprint density at radius 3 is 2.81 bits per heavy atom. The molecule has 88 valence electrons. The number of amides is 2. The first-order valence-electron chi connectivity index (χ1n) is 5.39. The summed E-state index contributed by atoms with van der Waals surface area (Å²) in [6, 6.07) is 7.42. The van der Waals surface area contributed by atoms with E-state index in [2.05, 4.69) is 10.6 Å². The van der Waals surface area contributed by atoms with Crippen LogP contribution in [0.1, 0.15) is 18.9 Å². The van der Waals surface area contributed by atoms with Crippen LogP contribution in [-0.2, 0) is 11.3 Å². The Bertz CT molecular complexity index is 340. The van der Waals surface area contributed by atoms with Crippen molar-refractivity contribution < 1.29 is 9.53 Å². The fourth-order valence-corrected chi connectivity index (χ4v) is 1.33. The van der Waals surface area contributed by atoms with Crippen LogP contribution in [0.3, 0.4) is 0 Å². The Morgan fingerprint density at radius 2 is 2.12 bits per heavy atom. The molecule has 2 amide bonds. The van der Waals surface area contributed by atoms with Crippen molar-refractivity contribution in [2.75, 3.05) is 19.0 Å². The average Bonchev–Trinajstić information content (AvgIpc) is 2.29. The molecule has 0 aliphatic heterocycles. The van der Waals surface area contributed by atoms with E-state index in [0.29, 0.717) is 13.2 Å². The van der Waals surface area contributed by atoms with Crippen molar-refractivity contribution in [2.45, 2.75) is 20.0 Å². The summed E-state index contributed by atoms with van der Waals surface area (Å²) in [6.07, 6.45) is 0.924. The van der Waals surface area contributed by atoms with Gasteiger partial charge in [0, 0.05) is 24.9 Å². The molecule has 1 rings (SSSR count). The van der Waals surface area contributed by atoms with Crippen molar-refractivity contribution in [3.05, 3.63) is 29.8 Å². The maximum atomic E-state index is 11.5. The number of methoxy groups -OCH3 is 1. The molecule has 0 saturated heterocycles. The number of nitrogens with one attached hydrogen (secondary N) is 2. The number of benzene rings is 1. The Balaban J connectivity index is 2.61. The number of ether oxygens (including phenoxy) is 1. The zero-order valence-electron chi connectivity index (χ0n) is 9.75. The van der Waals surface area contributed by atoms with Crippen LogP contribution in [0.4, 0.5) is 10.5 Å². The predicted molar refractivity (Wildman–Crippen MR) is 64.5 cm³/mol. The van der Waals surface area contributed by atoms with Gasteiger partial charge in [0.15, 0.2) is 0 Å². The molecule has 0 fully saturated rings. The zero-order valence-corrected chi connectivity index (χ0v) is 9.75. The van der Waals surface area contributed by atoms with Gasteiger partial charge in [0.25, 0.3) is 0 Å². The van der Waals surface area contributed by atoms with Gasteiger partial charge in [0.1, 0.15) is 0 Å². The number of carbonyl (C=O) groups is 1. The molecule has 0 heterocycles. The summed E-state index contributed by atoms with van der Waals surface area (Å²) in [5.74, 6) is 0. The largest absolute Gasteiger partial charge is 0.380 e. The van der Waals surface area contributed by atoms with E-state index in [0.717, 1.165) is 17.7 Å². The van der Waals surface area contributed by atoms with Gasteiger partial charge in [-0.05, 0) is 12.5 Å². The van der Waals surface area contributed by atoms with Crippen LogP contribution in [0.15, 0.2) is 24.3 Å². The molecule has 0 spiro atoms. The lowest BCUT2D eigenvalue weighted by atomic mass is 10.2. The molecular formula is C12H18N2O2. The molecule has 0 aliphatic carbocycles. The highest BCUT2D eigenvalue weighted by atomic mass is 16.5. The molecule has 1 aromatic rings. The second-order valence-electron chi connectivity index (χ2n) is 3.47. The summed E-state index contributed by atoms with van der Waals surface area (Å²) in [6.45, 7) is 3.18. The first-order valence-corrected chi connectivity index (χ1v) is 5.39. The molecule has 0 radical (unpaired) electrons. The summed E-state index contributed by atoms with van der Waals surface area (Å²) in [7, 11) is 1.63. The first-order chi connectivity index (χ1) is 7.77. The third kappa shape index (κ3) is 3.90. The monoisotopic (exact) mass is 222 g/mol. The number of para-hydroxylation sites is 1. The number of carbonyl (C=O) groups excluding carboxylic acids is 1. The quantitative estimate of drug-likeness (QED) is 0.803. The van der Waals surface area contributed by atoms with E-state index in [4.69, 9.17) is 4.74 Å². The van der Waals surface area contributed by atoms with Crippen molar-refractivity contribution in [2.24, 2.45) is 0 Å². The first kappa shape index (κ1) is 12.5. The van der Waals surface area contributed by atoms with E-state index >= 15 is 0 Å². The molecule has 0 atom stereocenters. The minimum atomic E-state index is -0.176. The fourth-order valence-electron chi connectivity index (χ4n) is 1.33. The van der Waals surface area contributed by atoms with Gasteiger partial charge in [-0.1, -0.05) is 25.1 Å². The lowest BCUT2D eigenvalue weighted by Crippen LogP contribution is -2.29. The Kier molecular flexibility index (Phi) is 5.36. The lowest BCUT2D eigenvalue weighted by Gasteiger charge is -2.10. The van der Waals surface area contributed by atoms with Crippen LogP contribution in [0.2, 0.25) is 0 Å². The van der Waals surface area contributed by atoms with Crippen molar-refractivity contribution in [3.63, 3.8) is 0 Å². The highest BCUT2D eigenvalue weighted by Crippen LogP contribution is 2.15. The van der Waals surface area contributed by atoms with E-state index in [9.17, 15) is 4.79 Å². The van der Waals surface area contributed by atoms with Crippen molar-refractivity contribution in [1.29, 1.82) is 0 Å². The second kappa shape index (κ2) is 6.85. The van der Waals surface area contributed by atoms with Crippen LogP contribution in [-0.4, -0.2) is 19.7 Å². The molecule has 4 heteroatoms. The lowest BCUT2D eigenvalue weighted by molar-refractivity contribution is 0.185. The Hall–Kier alpha value is -1.55. The van der Waals surface area contributed by atoms with E-state index in [1.807, 2.05) is 31.2 Å². The summed E-state index contributed by atoms with van der Waals surface area (Å²) < 4.78 is 5.06. The van der Waals surface area contributed by atoms with E-state index < -0.39 is 0 Å². The number of urea groups is 1. The molecule has 0 saturated carbocycles. The van der Waals surface area contributed by atoms with Gasteiger partial charge in [0.05, 0.1) is 6.61 Å². The fraction of sp³-hybridized carbons (Fsp3) is 0.417. The maximum absolute atomic E-state index is 11.5. The van der Waals surface area contributed by atoms with Gasteiger partial charge in [0.2, 0.25) is 0 Å². The third-order valence-electron chi connectivity index (χ3n) is 2.10. The summed E-state index contributed by atoms with van der Waals surface area (Å²) in [4.78, 5) is 11.5. The molecule has 1 aromatic carbocycles. The molecule has 0 unspecified atom stereocenters. The highest BCUT2D eigenvalue weighted by Gasteiger charge is 2.04. The van der Waals surface area contributed by atoms with Crippen molar-refractivity contribution in [1.82, 2.24) is 5.32 Å². The normalized spacial score (nSPS) is 9.88. The second-order valence-corrected chi connectivity index (χ2v) is 3.47. The van der Waals surface area contributed by atoms with Crippen LogP contribution in [0.25, 0.3) is 0 Å². The van der Waals surface area contributed by atoms with Gasteiger partial charge < -0.3 is 15.4 Å². The minimum absolute atomic E-state index is 0.176. The van der Waals surface area contributed by atoms with Crippen molar-refractivity contribution in [3.8, 4) is 0 Å². The summed E-state index contributed by atoms with van der Waals surface area (Å²) in [5, 5.41) is 5.56. The summed E-state index contributed by atoms with van der Waals surface area (Å²) >= 11 is 0. The van der Waals surface area contributed by atoms with Crippen LogP contribution >= 0.6 is 0 Å². The molecule has 4 nitrogen and oxygen atoms in total. The topological polar surface area (TPSA) is 50.4 Å². The van der Waals surface area contributed by atoms with Gasteiger partial charge in [-0.25, -0.2) is 4.79 Å². The van der Waals surface area contributed by atoms with Crippen LogP contribution in [0, 0.1) is 0 Å². The van der Waals surface area contributed by atoms with Crippen LogP contribution in [0.5, 0.6) is 0 Å². The van der Waals surface area contributed by atoms with Crippen LogP contribution < -0.4 is 10.6 Å². The number of hydrogen-bond donors (Lipinski definition) is 2. The van der Waals surface area contributed by atoms with Crippen molar-refractivity contribution >= 4 is 11.7 Å². The molecular weight excluding hydrogens is 204 g/mol. The van der Waals surface area contributed by atoms with Gasteiger partial charge >= 0.3 is 6.03 Å². The molecule has 0 aromatic heterocycles. The molecule has 0 aliphatic rings. The smallest absolute Gasteiger partial charge is 0.319 e. The van der Waals surface area contributed by atoms with Gasteiger partial charge in [-0.15, -0.1) is 0 Å². The third-order valence-corrected chi connectivity index (χ3v) is 2.10. The summed E-state index contributed by atoms with van der Waals surface area (Å²) in [5.41, 5.74) is 1.76. The highest BCUT2D eigenvalue weighted by molar-refractivity contribution is 5.90. The molecule has 16 heavy (non-hydrogen) atoms. The van der Waals surface area contributed by atoms with E-state index in [1.165, 1.54) is 0 Å².